The van der Waals surface area contributed by atoms with E-state index in [1.165, 1.54) is 0 Å². The summed E-state index contributed by atoms with van der Waals surface area (Å²) in [6.07, 6.45) is 2.21. The molecule has 84 valence electrons. The monoisotopic (exact) mass is 283 g/mol. The van der Waals surface area contributed by atoms with Crippen LogP contribution in [0.5, 0.6) is 0 Å². The van der Waals surface area contributed by atoms with Gasteiger partial charge < -0.3 is 14.3 Å². The lowest BCUT2D eigenvalue weighted by Gasteiger charge is -2.01. The fraction of sp³-hybridized carbons (Fsp3) is 0.400. The molecule has 2 aromatic heterocycles. The molecule has 0 spiro atoms. The van der Waals surface area contributed by atoms with E-state index in [-0.39, 0.29) is 6.04 Å². The van der Waals surface area contributed by atoms with Crippen LogP contribution in [0.3, 0.4) is 0 Å². The molecule has 6 heteroatoms. The van der Waals surface area contributed by atoms with Crippen LogP contribution in [-0.2, 0) is 0 Å². The van der Waals surface area contributed by atoms with Gasteiger partial charge in [0.05, 0.1) is 6.04 Å². The third-order valence-corrected chi connectivity index (χ3v) is 3.02. The molecule has 3 heterocycles. The molecule has 16 heavy (non-hydrogen) atoms. The lowest BCUT2D eigenvalue weighted by atomic mass is 10.2. The Labute approximate surface area is 100 Å². The Kier molecular flexibility index (Phi) is 2.53. The molecule has 0 aliphatic carbocycles. The summed E-state index contributed by atoms with van der Waals surface area (Å²) >= 11 is 3.23. The Morgan fingerprint density at radius 1 is 1.44 bits per heavy atom. The molecule has 1 N–H and O–H groups in total. The van der Waals surface area contributed by atoms with Gasteiger partial charge in [0.15, 0.2) is 16.3 Å². The Hall–Kier alpha value is -1.14. The highest BCUT2D eigenvalue weighted by atomic mass is 79.9. The predicted molar refractivity (Wildman–Crippen MR) is 59.7 cm³/mol. The maximum absolute atomic E-state index is 5.35. The fourth-order valence-corrected chi connectivity index (χ4v) is 2.12. The van der Waals surface area contributed by atoms with Crippen LogP contribution >= 0.6 is 15.9 Å². The summed E-state index contributed by atoms with van der Waals surface area (Å²) in [5.41, 5.74) is 0. The smallest absolute Gasteiger partial charge is 0.293 e. The van der Waals surface area contributed by atoms with Gasteiger partial charge in [0.2, 0.25) is 0 Å². The normalized spacial score (nSPS) is 20.4. The molecule has 1 saturated heterocycles. The van der Waals surface area contributed by atoms with Gasteiger partial charge in [0, 0.05) is 0 Å². The molecule has 0 bridgehead atoms. The van der Waals surface area contributed by atoms with E-state index >= 15 is 0 Å². The third kappa shape index (κ3) is 1.78. The number of rotatable bonds is 2. The van der Waals surface area contributed by atoms with E-state index in [4.69, 9.17) is 8.94 Å². The summed E-state index contributed by atoms with van der Waals surface area (Å²) in [5, 5.41) is 7.28. The number of aromatic nitrogens is 2. The number of nitrogens with zero attached hydrogens (tertiary/aromatic N) is 2. The van der Waals surface area contributed by atoms with E-state index in [9.17, 15) is 0 Å². The average Bonchev–Trinajstić information content (AvgIpc) is 2.97. The lowest BCUT2D eigenvalue weighted by Crippen LogP contribution is -2.14. The molecule has 3 rings (SSSR count). The molecule has 1 unspecified atom stereocenters. The van der Waals surface area contributed by atoms with Crippen LogP contribution in [0.15, 0.2) is 25.7 Å². The molecule has 2 aromatic rings. The van der Waals surface area contributed by atoms with E-state index in [0.717, 1.165) is 19.4 Å². The van der Waals surface area contributed by atoms with Gasteiger partial charge in [0.1, 0.15) is 0 Å². The summed E-state index contributed by atoms with van der Waals surface area (Å²) in [6.45, 7) is 1.01. The summed E-state index contributed by atoms with van der Waals surface area (Å²) < 4.78 is 11.2. The van der Waals surface area contributed by atoms with Crippen molar-refractivity contribution >= 4 is 15.9 Å². The van der Waals surface area contributed by atoms with Crippen molar-refractivity contribution in [2.75, 3.05) is 6.54 Å². The van der Waals surface area contributed by atoms with Crippen LogP contribution in [0.4, 0.5) is 0 Å². The SMILES string of the molecule is Brc1ccc(-c2nc(C3CCCN3)no2)o1. The van der Waals surface area contributed by atoms with Crippen LogP contribution < -0.4 is 5.32 Å². The number of nitrogens with one attached hydrogen (secondary N) is 1. The van der Waals surface area contributed by atoms with E-state index < -0.39 is 0 Å². The van der Waals surface area contributed by atoms with Crippen molar-refractivity contribution < 1.29 is 8.94 Å². The van der Waals surface area contributed by atoms with E-state index in [0.29, 0.717) is 22.1 Å². The maximum atomic E-state index is 5.35. The van der Waals surface area contributed by atoms with Gasteiger partial charge in [-0.15, -0.1) is 0 Å². The van der Waals surface area contributed by atoms with Gasteiger partial charge in [-0.2, -0.15) is 4.98 Å². The second-order valence-corrected chi connectivity index (χ2v) is 4.49. The Morgan fingerprint density at radius 2 is 2.38 bits per heavy atom. The highest BCUT2D eigenvalue weighted by Crippen LogP contribution is 2.26. The molecule has 0 radical (unpaired) electrons. The molecule has 5 nitrogen and oxygen atoms in total. The zero-order valence-corrected chi connectivity index (χ0v) is 10.0. The lowest BCUT2D eigenvalue weighted by molar-refractivity contribution is 0.399. The van der Waals surface area contributed by atoms with E-state index in [2.05, 4.69) is 31.4 Å². The minimum Gasteiger partial charge on any atom is -0.444 e. The number of halogens is 1. The minimum absolute atomic E-state index is 0.218. The van der Waals surface area contributed by atoms with Crippen LogP contribution in [0.1, 0.15) is 24.7 Å². The standard InChI is InChI=1S/C10H10BrN3O2/c11-8-4-3-7(15-8)10-13-9(14-16-10)6-2-1-5-12-6/h3-4,6,12H,1-2,5H2. The molecule has 1 fully saturated rings. The number of hydrogen-bond acceptors (Lipinski definition) is 5. The molecule has 0 amide bonds. The molecular weight excluding hydrogens is 274 g/mol. The van der Waals surface area contributed by atoms with Gasteiger partial charge in [-0.25, -0.2) is 0 Å². The van der Waals surface area contributed by atoms with Gasteiger partial charge >= 0.3 is 0 Å². The van der Waals surface area contributed by atoms with Crippen LogP contribution in [-0.4, -0.2) is 16.7 Å². The van der Waals surface area contributed by atoms with Crippen molar-refractivity contribution in [1.82, 2.24) is 15.5 Å². The second-order valence-electron chi connectivity index (χ2n) is 3.71. The Balaban J connectivity index is 1.87. The summed E-state index contributed by atoms with van der Waals surface area (Å²) in [7, 11) is 0. The van der Waals surface area contributed by atoms with Gasteiger partial charge in [-0.1, -0.05) is 5.16 Å². The zero-order valence-electron chi connectivity index (χ0n) is 8.44. The van der Waals surface area contributed by atoms with Crippen molar-refractivity contribution in [2.45, 2.75) is 18.9 Å². The highest BCUT2D eigenvalue weighted by Gasteiger charge is 2.22. The first kappa shape index (κ1) is 10.0. The van der Waals surface area contributed by atoms with Crippen molar-refractivity contribution in [2.24, 2.45) is 0 Å². The molecule has 1 atom stereocenters. The highest BCUT2D eigenvalue weighted by molar-refractivity contribution is 9.10. The summed E-state index contributed by atoms with van der Waals surface area (Å²) in [5.74, 6) is 1.72. The van der Waals surface area contributed by atoms with Crippen molar-refractivity contribution in [3.05, 3.63) is 22.6 Å². The first-order chi connectivity index (χ1) is 7.83. The zero-order chi connectivity index (χ0) is 11.0. The fourth-order valence-electron chi connectivity index (χ4n) is 1.81. The first-order valence-electron chi connectivity index (χ1n) is 5.15. The number of furan rings is 1. The molecule has 1 aliphatic heterocycles. The molecule has 0 aromatic carbocycles. The second kappa shape index (κ2) is 4.03. The maximum Gasteiger partial charge on any atom is 0.293 e. The third-order valence-electron chi connectivity index (χ3n) is 2.60. The van der Waals surface area contributed by atoms with Crippen LogP contribution in [0.2, 0.25) is 0 Å². The quantitative estimate of drug-likeness (QED) is 0.918. The van der Waals surface area contributed by atoms with Crippen LogP contribution in [0.25, 0.3) is 11.7 Å². The van der Waals surface area contributed by atoms with Crippen molar-refractivity contribution in [3.8, 4) is 11.7 Å². The van der Waals surface area contributed by atoms with Gasteiger partial charge in [-0.05, 0) is 47.4 Å². The minimum atomic E-state index is 0.218. The largest absolute Gasteiger partial charge is 0.444 e. The van der Waals surface area contributed by atoms with Crippen molar-refractivity contribution in [1.29, 1.82) is 0 Å². The molecule has 1 aliphatic rings. The van der Waals surface area contributed by atoms with Gasteiger partial charge in [0.25, 0.3) is 5.89 Å². The Bertz CT molecular complexity index is 488. The van der Waals surface area contributed by atoms with E-state index in [1.54, 1.807) is 12.1 Å². The topological polar surface area (TPSA) is 64.1 Å². The molecule has 0 saturated carbocycles. The molecular formula is C10H10BrN3O2. The van der Waals surface area contributed by atoms with Gasteiger partial charge in [-0.3, -0.25) is 0 Å². The van der Waals surface area contributed by atoms with E-state index in [1.807, 2.05) is 0 Å². The summed E-state index contributed by atoms with van der Waals surface area (Å²) in [4.78, 5) is 4.32. The summed E-state index contributed by atoms with van der Waals surface area (Å²) in [6, 6.07) is 3.81. The average molecular weight is 284 g/mol. The Morgan fingerprint density at radius 3 is 3.06 bits per heavy atom. The predicted octanol–water partition coefficient (Wildman–Crippen LogP) is 2.52. The van der Waals surface area contributed by atoms with Crippen LogP contribution in [0, 0.1) is 0 Å². The van der Waals surface area contributed by atoms with Crippen molar-refractivity contribution in [3.63, 3.8) is 0 Å². The number of hydrogen-bond donors (Lipinski definition) is 1. The first-order valence-corrected chi connectivity index (χ1v) is 5.95.